The van der Waals surface area contributed by atoms with Crippen LogP contribution in [0.3, 0.4) is 0 Å². The van der Waals surface area contributed by atoms with Crippen LogP contribution >= 0.6 is 0 Å². The van der Waals surface area contributed by atoms with E-state index in [1.54, 1.807) is 23.0 Å². The molecule has 0 atom stereocenters. The highest BCUT2D eigenvalue weighted by molar-refractivity contribution is 5.76. The number of aromatic nitrogens is 1. The molecule has 0 saturated carbocycles. The molecule has 90 valence electrons. The van der Waals surface area contributed by atoms with Crippen molar-refractivity contribution in [2.24, 2.45) is 0 Å². The van der Waals surface area contributed by atoms with E-state index in [0.29, 0.717) is 6.54 Å². The van der Waals surface area contributed by atoms with Crippen molar-refractivity contribution in [3.05, 3.63) is 24.0 Å². The van der Waals surface area contributed by atoms with Gasteiger partial charge in [0, 0.05) is 17.9 Å². The number of amides is 1. The van der Waals surface area contributed by atoms with Crippen molar-refractivity contribution in [1.29, 1.82) is 0 Å². The summed E-state index contributed by atoms with van der Waals surface area (Å²) < 4.78 is 1.77. The van der Waals surface area contributed by atoms with Crippen LogP contribution in [0.5, 0.6) is 0 Å². The van der Waals surface area contributed by atoms with Crippen LogP contribution in [0.25, 0.3) is 0 Å². The van der Waals surface area contributed by atoms with Crippen molar-refractivity contribution in [3.8, 4) is 0 Å². The van der Waals surface area contributed by atoms with Crippen LogP contribution in [0, 0.1) is 0 Å². The first kappa shape index (κ1) is 12.8. The lowest BCUT2D eigenvalue weighted by molar-refractivity contribution is -0.123. The van der Waals surface area contributed by atoms with Gasteiger partial charge in [-0.05, 0) is 31.9 Å². The number of aliphatic hydroxyl groups is 1. The molecule has 0 unspecified atom stereocenters. The molecule has 1 heterocycles. The molecule has 0 aliphatic carbocycles. The molecule has 4 nitrogen and oxygen atoms in total. The zero-order valence-corrected chi connectivity index (χ0v) is 10.2. The van der Waals surface area contributed by atoms with Gasteiger partial charge in [0.2, 0.25) is 5.91 Å². The number of carbonyl (C=O) groups is 1. The van der Waals surface area contributed by atoms with Gasteiger partial charge in [-0.1, -0.05) is 6.92 Å². The lowest BCUT2D eigenvalue weighted by Gasteiger charge is -2.24. The second kappa shape index (κ2) is 5.16. The number of nitrogens with zero attached hydrogens (tertiary/aromatic N) is 1. The number of carbonyl (C=O) groups excluding carboxylic acids is 1. The van der Waals surface area contributed by atoms with Crippen molar-refractivity contribution in [2.45, 2.75) is 45.9 Å². The minimum Gasteiger partial charge on any atom is -0.392 e. The van der Waals surface area contributed by atoms with Gasteiger partial charge in [0.25, 0.3) is 0 Å². The minimum atomic E-state index is -0.163. The standard InChI is InChI=1S/C12H20N2O2/c1-4-12(2,3)13-11(16)8-14-6-5-10(7-14)9-15/h5-7,15H,4,8-9H2,1-3H3,(H,13,16). The Morgan fingerprint density at radius 2 is 2.25 bits per heavy atom. The summed E-state index contributed by atoms with van der Waals surface area (Å²) >= 11 is 0. The fourth-order valence-electron chi connectivity index (χ4n) is 1.35. The average Bonchev–Trinajstić information content (AvgIpc) is 2.64. The summed E-state index contributed by atoms with van der Waals surface area (Å²) in [5.41, 5.74) is 0.659. The zero-order valence-electron chi connectivity index (χ0n) is 10.2. The molecule has 0 fully saturated rings. The van der Waals surface area contributed by atoms with Gasteiger partial charge in [0.15, 0.2) is 0 Å². The van der Waals surface area contributed by atoms with E-state index in [2.05, 4.69) is 5.32 Å². The molecule has 0 aliphatic rings. The first-order chi connectivity index (χ1) is 7.46. The molecule has 0 radical (unpaired) electrons. The largest absolute Gasteiger partial charge is 0.392 e. The van der Waals surface area contributed by atoms with Crippen LogP contribution < -0.4 is 5.32 Å². The molecule has 1 rings (SSSR count). The minimum absolute atomic E-state index is 0.00746. The molecule has 2 N–H and O–H groups in total. The van der Waals surface area contributed by atoms with E-state index in [1.807, 2.05) is 20.8 Å². The summed E-state index contributed by atoms with van der Waals surface area (Å²) in [4.78, 5) is 11.7. The highest BCUT2D eigenvalue weighted by Gasteiger charge is 2.17. The van der Waals surface area contributed by atoms with Crippen LogP contribution in [-0.4, -0.2) is 21.1 Å². The van der Waals surface area contributed by atoms with Gasteiger partial charge in [-0.15, -0.1) is 0 Å². The molecular weight excluding hydrogens is 204 g/mol. The van der Waals surface area contributed by atoms with Crippen LogP contribution in [0.15, 0.2) is 18.5 Å². The lowest BCUT2D eigenvalue weighted by Crippen LogP contribution is -2.44. The van der Waals surface area contributed by atoms with Crippen LogP contribution in [-0.2, 0) is 17.9 Å². The maximum atomic E-state index is 11.7. The highest BCUT2D eigenvalue weighted by Crippen LogP contribution is 2.07. The van der Waals surface area contributed by atoms with Crippen molar-refractivity contribution >= 4 is 5.91 Å². The van der Waals surface area contributed by atoms with Crippen LogP contribution in [0.2, 0.25) is 0 Å². The van der Waals surface area contributed by atoms with E-state index in [1.165, 1.54) is 0 Å². The smallest absolute Gasteiger partial charge is 0.240 e. The van der Waals surface area contributed by atoms with Gasteiger partial charge >= 0.3 is 0 Å². The second-order valence-electron chi connectivity index (χ2n) is 4.64. The number of hydrogen-bond donors (Lipinski definition) is 2. The van der Waals surface area contributed by atoms with Gasteiger partial charge in [0.1, 0.15) is 6.54 Å². The topological polar surface area (TPSA) is 54.3 Å². The molecule has 4 heteroatoms. The number of hydrogen-bond acceptors (Lipinski definition) is 2. The molecule has 0 aromatic carbocycles. The Hall–Kier alpha value is -1.29. The summed E-state index contributed by atoms with van der Waals surface area (Å²) in [5, 5.41) is 11.9. The predicted molar refractivity (Wildman–Crippen MR) is 62.9 cm³/mol. The Morgan fingerprint density at radius 3 is 2.75 bits per heavy atom. The van der Waals surface area contributed by atoms with E-state index in [0.717, 1.165) is 12.0 Å². The highest BCUT2D eigenvalue weighted by atomic mass is 16.3. The van der Waals surface area contributed by atoms with E-state index >= 15 is 0 Å². The molecule has 0 saturated heterocycles. The first-order valence-corrected chi connectivity index (χ1v) is 5.53. The third kappa shape index (κ3) is 3.70. The first-order valence-electron chi connectivity index (χ1n) is 5.53. The second-order valence-corrected chi connectivity index (χ2v) is 4.64. The lowest BCUT2D eigenvalue weighted by atomic mass is 10.0. The van der Waals surface area contributed by atoms with Gasteiger partial charge in [0.05, 0.1) is 6.61 Å². The van der Waals surface area contributed by atoms with Gasteiger partial charge < -0.3 is 15.0 Å². The molecule has 16 heavy (non-hydrogen) atoms. The Kier molecular flexibility index (Phi) is 4.12. The van der Waals surface area contributed by atoms with Crippen LogP contribution in [0.1, 0.15) is 32.8 Å². The molecule has 1 aromatic heterocycles. The molecule has 1 aromatic rings. The van der Waals surface area contributed by atoms with E-state index in [-0.39, 0.29) is 18.1 Å². The van der Waals surface area contributed by atoms with E-state index in [9.17, 15) is 4.79 Å². The van der Waals surface area contributed by atoms with Gasteiger partial charge in [-0.3, -0.25) is 4.79 Å². The molecule has 1 amide bonds. The van der Waals surface area contributed by atoms with Crippen molar-refractivity contribution in [1.82, 2.24) is 9.88 Å². The summed E-state index contributed by atoms with van der Waals surface area (Å²) in [6.45, 7) is 6.34. The summed E-state index contributed by atoms with van der Waals surface area (Å²) in [6, 6.07) is 1.80. The maximum absolute atomic E-state index is 11.7. The maximum Gasteiger partial charge on any atom is 0.240 e. The van der Waals surface area contributed by atoms with Crippen LogP contribution in [0.4, 0.5) is 0 Å². The molecular formula is C12H20N2O2. The average molecular weight is 224 g/mol. The Labute approximate surface area is 96.3 Å². The zero-order chi connectivity index (χ0) is 12.2. The van der Waals surface area contributed by atoms with Crippen molar-refractivity contribution in [2.75, 3.05) is 0 Å². The fourth-order valence-corrected chi connectivity index (χ4v) is 1.35. The summed E-state index contributed by atoms with van der Waals surface area (Å²) in [7, 11) is 0. The SMILES string of the molecule is CCC(C)(C)NC(=O)Cn1ccc(CO)c1. The summed E-state index contributed by atoms with van der Waals surface area (Å²) in [6.07, 6.45) is 4.47. The third-order valence-electron chi connectivity index (χ3n) is 2.68. The molecule has 0 aliphatic heterocycles. The number of aliphatic hydroxyl groups excluding tert-OH is 1. The Bertz CT molecular complexity index is 356. The monoisotopic (exact) mass is 224 g/mol. The van der Waals surface area contributed by atoms with E-state index in [4.69, 9.17) is 5.11 Å². The molecule has 0 spiro atoms. The van der Waals surface area contributed by atoms with Crippen molar-refractivity contribution in [3.63, 3.8) is 0 Å². The fraction of sp³-hybridized carbons (Fsp3) is 0.583. The van der Waals surface area contributed by atoms with Gasteiger partial charge in [-0.2, -0.15) is 0 Å². The molecule has 0 bridgehead atoms. The number of nitrogens with one attached hydrogen (secondary N) is 1. The number of rotatable bonds is 5. The Morgan fingerprint density at radius 1 is 1.56 bits per heavy atom. The normalized spacial score (nSPS) is 11.5. The quantitative estimate of drug-likeness (QED) is 0.791. The third-order valence-corrected chi connectivity index (χ3v) is 2.68. The van der Waals surface area contributed by atoms with E-state index < -0.39 is 0 Å². The predicted octanol–water partition coefficient (Wildman–Crippen LogP) is 1.29. The van der Waals surface area contributed by atoms with Crippen molar-refractivity contribution < 1.29 is 9.90 Å². The summed E-state index contributed by atoms with van der Waals surface area (Å²) in [5.74, 6) is -0.00746. The Balaban J connectivity index is 2.51. The van der Waals surface area contributed by atoms with Gasteiger partial charge in [-0.25, -0.2) is 0 Å².